The molecule has 1 saturated heterocycles. The lowest BCUT2D eigenvalue weighted by molar-refractivity contribution is -0.267. The van der Waals surface area contributed by atoms with Crippen molar-refractivity contribution in [2.75, 3.05) is 27.2 Å². The molecule has 7 rings (SSSR count). The number of nitrogens with zero attached hydrogens (tertiary/aromatic N) is 2. The van der Waals surface area contributed by atoms with E-state index < -0.39 is 24.0 Å². The maximum Gasteiger partial charge on any atom is 0.221 e. The SMILES string of the molecule is CC[C@H]1O[C@@H](c2ccc(C)c(Cc3ccc(CCCC(=O)NC4(N(C=O)CCN(C)C)CCCCC4)cc3)c2)[C@H](OCc2ccccc2)[C@@H](OCc2ccccc2)[C@@H]1OCc1ccccc1. The molecule has 66 heavy (non-hydrogen) atoms. The fourth-order valence-corrected chi connectivity index (χ4v) is 9.56. The minimum Gasteiger partial charge on any atom is -0.368 e. The molecule has 0 radical (unpaired) electrons. The highest BCUT2D eigenvalue weighted by Gasteiger charge is 2.48. The molecule has 0 aromatic heterocycles. The highest BCUT2D eigenvalue weighted by atomic mass is 16.6. The lowest BCUT2D eigenvalue weighted by atomic mass is 9.87. The predicted molar refractivity (Wildman–Crippen MR) is 262 cm³/mol. The zero-order valence-electron chi connectivity index (χ0n) is 39.6. The van der Waals surface area contributed by atoms with Crippen LogP contribution >= 0.6 is 0 Å². The molecule has 2 amide bonds. The Balaban J connectivity index is 1.05. The van der Waals surface area contributed by atoms with Crippen molar-refractivity contribution in [2.45, 2.75) is 134 Å². The zero-order chi connectivity index (χ0) is 46.1. The summed E-state index contributed by atoms with van der Waals surface area (Å²) in [4.78, 5) is 29.5. The van der Waals surface area contributed by atoms with Gasteiger partial charge in [-0.3, -0.25) is 9.59 Å². The van der Waals surface area contributed by atoms with E-state index in [9.17, 15) is 9.59 Å². The standard InChI is InChI=1S/C57H71N3O6/c1-5-51-54(63-39-46-19-10-6-11-20-46)56(65-41-48-23-14-8-15-24-48)55(64-40-47-21-12-7-13-22-47)53(66-51)49-32-27-43(2)50(38-49)37-45-30-28-44(29-31-45)25-18-26-52(62)58-57(33-16-9-17-34-57)60(42-61)36-35-59(3)4/h6-8,10-15,19-24,27-32,38,42,51,53-56H,5,9,16-18,25-26,33-37,39-41H2,1-4H3,(H,58,62)/t51-,53+,54-,55+,56+/m1/s1. The smallest absolute Gasteiger partial charge is 0.221 e. The Morgan fingerprint density at radius 3 is 1.82 bits per heavy atom. The number of hydrogen-bond donors (Lipinski definition) is 1. The van der Waals surface area contributed by atoms with Gasteiger partial charge in [-0.25, -0.2) is 0 Å². The molecule has 0 spiro atoms. The number of likely N-dealkylation sites (N-methyl/N-ethyl adjacent to an activating group) is 1. The summed E-state index contributed by atoms with van der Waals surface area (Å²) in [7, 11) is 4.01. The molecule has 9 heteroatoms. The maximum absolute atomic E-state index is 13.4. The quantitative estimate of drug-likeness (QED) is 0.0516. The number of carbonyl (C=O) groups excluding carboxylic acids is 2. The van der Waals surface area contributed by atoms with Crippen molar-refractivity contribution >= 4 is 12.3 Å². The molecular formula is C57H71N3O6. The van der Waals surface area contributed by atoms with Gasteiger partial charge in [-0.05, 0) is 117 Å². The molecular weight excluding hydrogens is 823 g/mol. The van der Waals surface area contributed by atoms with Gasteiger partial charge in [0.2, 0.25) is 12.3 Å². The molecule has 9 nitrogen and oxygen atoms in total. The molecule has 1 N–H and O–H groups in total. The van der Waals surface area contributed by atoms with Gasteiger partial charge < -0.3 is 34.1 Å². The first-order chi connectivity index (χ1) is 32.2. The first-order valence-electron chi connectivity index (χ1n) is 24.2. The van der Waals surface area contributed by atoms with Crippen molar-refractivity contribution in [1.82, 2.24) is 15.1 Å². The summed E-state index contributed by atoms with van der Waals surface area (Å²) in [6, 6.07) is 46.4. The average molecular weight is 894 g/mol. The Kier molecular flexibility index (Phi) is 18.1. The number of carbonyl (C=O) groups is 2. The lowest BCUT2D eigenvalue weighted by Gasteiger charge is -2.46. The van der Waals surface area contributed by atoms with Crippen LogP contribution in [0.2, 0.25) is 0 Å². The van der Waals surface area contributed by atoms with Crippen LogP contribution in [0.4, 0.5) is 0 Å². The topological polar surface area (TPSA) is 89.6 Å². The average Bonchev–Trinajstić information content (AvgIpc) is 3.34. The Labute approximate surface area is 393 Å². The summed E-state index contributed by atoms with van der Waals surface area (Å²) >= 11 is 0. The van der Waals surface area contributed by atoms with Crippen molar-refractivity contribution in [3.05, 3.63) is 178 Å². The van der Waals surface area contributed by atoms with E-state index >= 15 is 0 Å². The van der Waals surface area contributed by atoms with Crippen LogP contribution in [0.25, 0.3) is 0 Å². The second-order valence-corrected chi connectivity index (χ2v) is 18.6. The van der Waals surface area contributed by atoms with Gasteiger partial charge in [-0.15, -0.1) is 0 Å². The van der Waals surface area contributed by atoms with Crippen LogP contribution in [-0.2, 0) is 61.2 Å². The van der Waals surface area contributed by atoms with E-state index in [1.165, 1.54) is 22.3 Å². The van der Waals surface area contributed by atoms with Crippen LogP contribution in [0.5, 0.6) is 0 Å². The molecule has 5 aromatic carbocycles. The summed E-state index contributed by atoms with van der Waals surface area (Å²) < 4.78 is 27.9. The third-order valence-corrected chi connectivity index (χ3v) is 13.4. The number of aryl methyl sites for hydroxylation is 2. The van der Waals surface area contributed by atoms with Crippen LogP contribution in [0.3, 0.4) is 0 Å². The zero-order valence-corrected chi connectivity index (χ0v) is 39.6. The van der Waals surface area contributed by atoms with Crippen molar-refractivity contribution in [3.8, 4) is 0 Å². The minimum atomic E-state index is -0.585. The molecule has 5 aromatic rings. The number of nitrogens with one attached hydrogen (secondary N) is 1. The number of rotatable bonds is 23. The minimum absolute atomic E-state index is 0.0183. The predicted octanol–water partition coefficient (Wildman–Crippen LogP) is 10.3. The van der Waals surface area contributed by atoms with E-state index in [-0.39, 0.29) is 18.1 Å². The van der Waals surface area contributed by atoms with Gasteiger partial charge in [-0.1, -0.05) is 147 Å². The largest absolute Gasteiger partial charge is 0.368 e. The second kappa shape index (κ2) is 24.6. The van der Waals surface area contributed by atoms with Crippen LogP contribution in [0.15, 0.2) is 133 Å². The fourth-order valence-electron chi connectivity index (χ4n) is 9.56. The summed E-state index contributed by atoms with van der Waals surface area (Å²) in [5.41, 5.74) is 8.60. The van der Waals surface area contributed by atoms with Gasteiger partial charge in [0, 0.05) is 19.5 Å². The summed E-state index contributed by atoms with van der Waals surface area (Å²) in [6.07, 6.45) is 7.29. The van der Waals surface area contributed by atoms with Crippen molar-refractivity contribution in [2.24, 2.45) is 0 Å². The van der Waals surface area contributed by atoms with Crippen molar-refractivity contribution in [1.29, 1.82) is 0 Å². The van der Waals surface area contributed by atoms with E-state index in [1.54, 1.807) is 0 Å². The summed E-state index contributed by atoms with van der Waals surface area (Å²) in [5, 5.41) is 3.32. The van der Waals surface area contributed by atoms with Gasteiger partial charge in [-0.2, -0.15) is 0 Å². The highest BCUT2D eigenvalue weighted by molar-refractivity contribution is 5.77. The van der Waals surface area contributed by atoms with Crippen LogP contribution in [0, 0.1) is 6.92 Å². The van der Waals surface area contributed by atoms with Crippen LogP contribution < -0.4 is 5.32 Å². The van der Waals surface area contributed by atoms with Gasteiger partial charge in [0.1, 0.15) is 30.1 Å². The van der Waals surface area contributed by atoms with E-state index in [4.69, 9.17) is 18.9 Å². The molecule has 1 aliphatic heterocycles. The first-order valence-corrected chi connectivity index (χ1v) is 24.2. The van der Waals surface area contributed by atoms with Crippen molar-refractivity contribution in [3.63, 3.8) is 0 Å². The maximum atomic E-state index is 13.4. The monoisotopic (exact) mass is 894 g/mol. The van der Waals surface area contributed by atoms with E-state index in [1.807, 2.05) is 73.6 Å². The van der Waals surface area contributed by atoms with Crippen molar-refractivity contribution < 1.29 is 28.5 Å². The molecule has 1 heterocycles. The van der Waals surface area contributed by atoms with Crippen LogP contribution in [0.1, 0.15) is 109 Å². The molecule has 2 fully saturated rings. The summed E-state index contributed by atoms with van der Waals surface area (Å²) in [5.74, 6) is 0.0183. The Bertz CT molecular complexity index is 2210. The molecule has 1 aliphatic carbocycles. The Morgan fingerprint density at radius 2 is 1.26 bits per heavy atom. The van der Waals surface area contributed by atoms with E-state index in [0.717, 1.165) is 93.0 Å². The molecule has 350 valence electrons. The number of ether oxygens (including phenoxy) is 4. The fraction of sp³-hybridized carbons (Fsp3) is 0.439. The molecule has 0 unspecified atom stereocenters. The number of amides is 2. The number of benzene rings is 5. The normalized spacial score (nSPS) is 20.5. The van der Waals surface area contributed by atoms with Crippen LogP contribution in [-0.4, -0.2) is 79.4 Å². The molecule has 2 aliphatic rings. The molecule has 0 bridgehead atoms. The molecule has 5 atom stereocenters. The third kappa shape index (κ3) is 13.5. The number of hydrogen-bond acceptors (Lipinski definition) is 7. The van der Waals surface area contributed by atoms with Gasteiger partial charge >= 0.3 is 0 Å². The summed E-state index contributed by atoms with van der Waals surface area (Å²) in [6.45, 7) is 6.95. The Morgan fingerprint density at radius 1 is 0.697 bits per heavy atom. The van der Waals surface area contributed by atoms with Gasteiger partial charge in [0.05, 0.1) is 25.9 Å². The van der Waals surface area contributed by atoms with E-state index in [2.05, 4.69) is 103 Å². The first kappa shape index (κ1) is 48.8. The van der Waals surface area contributed by atoms with Gasteiger partial charge in [0.15, 0.2) is 0 Å². The molecule has 1 saturated carbocycles. The lowest BCUT2D eigenvalue weighted by Crippen LogP contribution is -2.62. The third-order valence-electron chi connectivity index (χ3n) is 13.4. The van der Waals surface area contributed by atoms with Gasteiger partial charge in [0.25, 0.3) is 0 Å². The van der Waals surface area contributed by atoms with E-state index in [0.29, 0.717) is 32.8 Å². The Hall–Kier alpha value is -5.16. The second-order valence-electron chi connectivity index (χ2n) is 18.6. The highest BCUT2D eigenvalue weighted by Crippen LogP contribution is 2.40.